The Morgan fingerprint density at radius 1 is 0.404 bits per heavy atom. The average Bonchev–Trinajstić information content (AvgIpc) is 3.58. The summed E-state index contributed by atoms with van der Waals surface area (Å²) in [7, 11) is 0. The molecule has 0 radical (unpaired) electrons. The van der Waals surface area contributed by atoms with Crippen LogP contribution in [0.15, 0.2) is 170 Å². The van der Waals surface area contributed by atoms with Gasteiger partial charge in [-0.2, -0.15) is 9.97 Å². The van der Waals surface area contributed by atoms with E-state index in [-0.39, 0.29) is 52.1 Å². The Balaban J connectivity index is 1.37. The van der Waals surface area contributed by atoms with Gasteiger partial charge in [-0.1, -0.05) is 145 Å². The summed E-state index contributed by atoms with van der Waals surface area (Å²) in [5.74, 6) is 0.787. The van der Waals surface area contributed by atoms with E-state index in [1.54, 1.807) is 22.8 Å². The standard InChI is InChI=1S/C43H28N4/c1-4-14-29(15-5-1)32-24-27-40-38(28-32)36-22-12-13-23-39(36)47(40)43-45-41(31-18-8-3-9-19-31)44-42(46-43)37-26-25-33(30-16-6-2-7-17-30)34-20-10-11-21-35(34)37/h1-28H/i1D,4D,5D,12D,13D,14D,15D,22D,23D. The summed E-state index contributed by atoms with van der Waals surface area (Å²) >= 11 is 0. The summed E-state index contributed by atoms with van der Waals surface area (Å²) in [5.41, 5.74) is 4.32. The molecule has 0 fully saturated rings. The van der Waals surface area contributed by atoms with Gasteiger partial charge in [0.15, 0.2) is 11.6 Å². The lowest BCUT2D eigenvalue weighted by Crippen LogP contribution is -2.06. The third kappa shape index (κ3) is 4.66. The normalized spacial score (nSPS) is 14.1. The molecule has 0 saturated heterocycles. The fourth-order valence-corrected chi connectivity index (χ4v) is 6.14. The van der Waals surface area contributed by atoms with Crippen molar-refractivity contribution in [2.24, 2.45) is 0 Å². The zero-order valence-electron chi connectivity index (χ0n) is 33.8. The van der Waals surface area contributed by atoms with Crippen LogP contribution in [0.4, 0.5) is 0 Å². The molecule has 2 aromatic heterocycles. The van der Waals surface area contributed by atoms with Crippen LogP contribution >= 0.6 is 0 Å². The lowest BCUT2D eigenvalue weighted by Gasteiger charge is -2.14. The smallest absolute Gasteiger partial charge is 0.238 e. The van der Waals surface area contributed by atoms with Crippen molar-refractivity contribution in [2.75, 3.05) is 0 Å². The van der Waals surface area contributed by atoms with Gasteiger partial charge < -0.3 is 0 Å². The Kier molecular flexibility index (Phi) is 4.57. The Hall–Kier alpha value is -6.39. The van der Waals surface area contributed by atoms with E-state index in [1.165, 1.54) is 0 Å². The molecule has 4 heteroatoms. The molecule has 0 atom stereocenters. The molecule has 7 aromatic carbocycles. The molecule has 0 spiro atoms. The van der Waals surface area contributed by atoms with Crippen LogP contribution in [-0.4, -0.2) is 19.5 Å². The first kappa shape index (κ1) is 19.2. The molecular weight excluding hydrogens is 573 g/mol. The van der Waals surface area contributed by atoms with Gasteiger partial charge in [0.05, 0.1) is 23.4 Å². The zero-order valence-corrected chi connectivity index (χ0v) is 24.8. The lowest BCUT2D eigenvalue weighted by molar-refractivity contribution is 0.954. The van der Waals surface area contributed by atoms with Crippen LogP contribution in [0, 0.1) is 0 Å². The van der Waals surface area contributed by atoms with Gasteiger partial charge in [-0.05, 0) is 57.3 Å². The minimum absolute atomic E-state index is 0.0284. The van der Waals surface area contributed by atoms with E-state index in [4.69, 9.17) is 27.3 Å². The topological polar surface area (TPSA) is 43.6 Å². The number of benzene rings is 7. The highest BCUT2D eigenvalue weighted by Crippen LogP contribution is 2.37. The predicted molar refractivity (Wildman–Crippen MR) is 193 cm³/mol. The van der Waals surface area contributed by atoms with E-state index in [2.05, 4.69) is 18.2 Å². The summed E-state index contributed by atoms with van der Waals surface area (Å²) in [4.78, 5) is 15.0. The second-order valence-corrected chi connectivity index (χ2v) is 11.0. The number of nitrogens with zero attached hydrogens (tertiary/aromatic N) is 4. The molecule has 4 nitrogen and oxygen atoms in total. The summed E-state index contributed by atoms with van der Waals surface area (Å²) < 4.78 is 78.9. The van der Waals surface area contributed by atoms with E-state index in [0.29, 0.717) is 28.1 Å². The van der Waals surface area contributed by atoms with Gasteiger partial charge in [0.25, 0.3) is 0 Å². The van der Waals surface area contributed by atoms with Crippen LogP contribution in [0.3, 0.4) is 0 Å². The SMILES string of the molecule is [2H]c1c([2H])c([2H])c(-c2ccc3c(c2)c2c([2H])c([2H])c([2H])c([2H])c2n3-c2nc(-c3ccccc3)nc(-c3ccc(-c4ccccc4)c4ccccc34)n2)c([2H])c1[2H]. The minimum atomic E-state index is -0.516. The van der Waals surface area contributed by atoms with Gasteiger partial charge in [0, 0.05) is 21.9 Å². The lowest BCUT2D eigenvalue weighted by atomic mass is 9.95. The third-order valence-corrected chi connectivity index (χ3v) is 8.29. The fraction of sp³-hybridized carbons (Fsp3) is 0. The van der Waals surface area contributed by atoms with Crippen molar-refractivity contribution >= 4 is 32.6 Å². The maximum Gasteiger partial charge on any atom is 0.238 e. The molecule has 0 aliphatic heterocycles. The molecule has 0 bridgehead atoms. The van der Waals surface area contributed by atoms with E-state index in [1.807, 2.05) is 78.9 Å². The molecule has 9 aromatic rings. The number of para-hydroxylation sites is 1. The molecule has 47 heavy (non-hydrogen) atoms. The largest absolute Gasteiger partial charge is 0.278 e. The first-order chi connectivity index (χ1) is 27.0. The second-order valence-electron chi connectivity index (χ2n) is 11.0. The maximum atomic E-state index is 9.15. The molecule has 9 rings (SSSR count). The molecule has 2 heterocycles. The highest BCUT2D eigenvalue weighted by molar-refractivity contribution is 6.10. The second kappa shape index (κ2) is 11.2. The quantitative estimate of drug-likeness (QED) is 0.195. The molecule has 0 saturated carbocycles. The van der Waals surface area contributed by atoms with Crippen molar-refractivity contribution in [1.29, 1.82) is 0 Å². The van der Waals surface area contributed by atoms with Crippen molar-refractivity contribution in [1.82, 2.24) is 19.5 Å². The van der Waals surface area contributed by atoms with E-state index < -0.39 is 30.2 Å². The van der Waals surface area contributed by atoms with Crippen LogP contribution in [0.1, 0.15) is 12.3 Å². The Morgan fingerprint density at radius 3 is 1.83 bits per heavy atom. The number of aromatic nitrogens is 4. The molecule has 0 unspecified atom stereocenters. The van der Waals surface area contributed by atoms with Crippen LogP contribution in [0.5, 0.6) is 0 Å². The molecular formula is C43H28N4. The van der Waals surface area contributed by atoms with Gasteiger partial charge in [-0.15, -0.1) is 0 Å². The minimum Gasteiger partial charge on any atom is -0.278 e. The Bertz CT molecular complexity index is 3050. The zero-order chi connectivity index (χ0) is 39.0. The van der Waals surface area contributed by atoms with Gasteiger partial charge in [0.2, 0.25) is 5.95 Å². The highest BCUT2D eigenvalue weighted by atomic mass is 15.2. The number of fused-ring (bicyclic) bond motifs is 4. The fourth-order valence-electron chi connectivity index (χ4n) is 6.14. The number of rotatable bonds is 5. The molecule has 0 aliphatic carbocycles. The van der Waals surface area contributed by atoms with Crippen LogP contribution in [0.25, 0.3) is 83.6 Å². The van der Waals surface area contributed by atoms with Gasteiger partial charge in [-0.25, -0.2) is 4.98 Å². The van der Waals surface area contributed by atoms with Crippen LogP contribution in [0.2, 0.25) is 0 Å². The van der Waals surface area contributed by atoms with Crippen molar-refractivity contribution in [3.05, 3.63) is 170 Å². The highest BCUT2D eigenvalue weighted by Gasteiger charge is 2.19. The Labute approximate surface area is 284 Å². The summed E-state index contributed by atoms with van der Waals surface area (Å²) in [6.07, 6.45) is 0. The Morgan fingerprint density at radius 2 is 1.04 bits per heavy atom. The number of hydrogen-bond donors (Lipinski definition) is 0. The van der Waals surface area contributed by atoms with Crippen LogP contribution < -0.4 is 0 Å². The summed E-state index contributed by atoms with van der Waals surface area (Å²) in [6.45, 7) is 0. The molecule has 0 aliphatic rings. The molecule has 0 N–H and O–H groups in total. The first-order valence-electron chi connectivity index (χ1n) is 19.6. The molecule has 0 amide bonds. The predicted octanol–water partition coefficient (Wildman–Crippen LogP) is 10.8. The van der Waals surface area contributed by atoms with Crippen molar-refractivity contribution in [3.63, 3.8) is 0 Å². The average molecular weight is 610 g/mol. The number of hydrogen-bond acceptors (Lipinski definition) is 3. The first-order valence-corrected chi connectivity index (χ1v) is 15.1. The van der Waals surface area contributed by atoms with Crippen molar-refractivity contribution < 1.29 is 12.3 Å². The van der Waals surface area contributed by atoms with Gasteiger partial charge >= 0.3 is 0 Å². The van der Waals surface area contributed by atoms with E-state index >= 15 is 0 Å². The van der Waals surface area contributed by atoms with Gasteiger partial charge in [0.1, 0.15) is 0 Å². The third-order valence-electron chi connectivity index (χ3n) is 8.29. The van der Waals surface area contributed by atoms with Gasteiger partial charge in [-0.3, -0.25) is 4.57 Å². The van der Waals surface area contributed by atoms with E-state index in [9.17, 15) is 0 Å². The van der Waals surface area contributed by atoms with Crippen molar-refractivity contribution in [3.8, 4) is 51.0 Å². The monoisotopic (exact) mass is 609 g/mol. The summed E-state index contributed by atoms with van der Waals surface area (Å²) in [6, 6.07) is 32.6. The van der Waals surface area contributed by atoms with Crippen LogP contribution in [-0.2, 0) is 0 Å². The maximum absolute atomic E-state index is 9.15. The van der Waals surface area contributed by atoms with E-state index in [0.717, 1.165) is 27.5 Å². The molecule has 220 valence electrons. The summed E-state index contributed by atoms with van der Waals surface area (Å²) in [5, 5.41) is 2.42. The van der Waals surface area contributed by atoms with Crippen molar-refractivity contribution in [2.45, 2.75) is 0 Å².